The van der Waals surface area contributed by atoms with Crippen LogP contribution in [0, 0.1) is 22.9 Å². The van der Waals surface area contributed by atoms with Crippen molar-refractivity contribution in [3.63, 3.8) is 0 Å². The molecule has 0 spiro atoms. The number of carbonyl (C=O) groups is 1. The van der Waals surface area contributed by atoms with E-state index in [-0.39, 0.29) is 33.7 Å². The monoisotopic (exact) mass is 305 g/mol. The summed E-state index contributed by atoms with van der Waals surface area (Å²) < 4.78 is 18.6. The molecule has 1 N–H and O–H groups in total. The number of methoxy groups -OCH3 is 1. The maximum atomic E-state index is 13.5. The van der Waals surface area contributed by atoms with Crippen LogP contribution in [0.15, 0.2) is 30.3 Å². The Bertz CT molecular complexity index is 773. The molecule has 0 bridgehead atoms. The fraction of sp³-hybridized carbons (Fsp3) is 0.133. The molecule has 0 aliphatic rings. The summed E-state index contributed by atoms with van der Waals surface area (Å²) in [5.41, 5.74) is -0.180. The summed E-state index contributed by atoms with van der Waals surface area (Å²) in [6.45, 7) is 1.34. The first-order valence-electron chi connectivity index (χ1n) is 6.22. The first kappa shape index (κ1) is 15.4. The largest absolute Gasteiger partial charge is 0.496 e. The summed E-state index contributed by atoms with van der Waals surface area (Å²) in [5.74, 6) is -1.62. The van der Waals surface area contributed by atoms with E-state index >= 15 is 0 Å². The van der Waals surface area contributed by atoms with E-state index in [0.29, 0.717) is 0 Å². The number of halogens is 1. The zero-order chi connectivity index (χ0) is 16.4. The van der Waals surface area contributed by atoms with E-state index in [2.05, 4.69) is 0 Å². The SMILES string of the molecule is COc1ccc(F)cc1-c1ccc([N+](=O)[O-])c(C)c1C(=O)O. The van der Waals surface area contributed by atoms with Crippen molar-refractivity contribution in [1.29, 1.82) is 0 Å². The van der Waals surface area contributed by atoms with Crippen molar-refractivity contribution in [1.82, 2.24) is 0 Å². The number of carboxylic acid groups (broad SMARTS) is 1. The first-order valence-corrected chi connectivity index (χ1v) is 6.22. The molecule has 0 atom stereocenters. The van der Waals surface area contributed by atoms with Gasteiger partial charge in [0.1, 0.15) is 11.6 Å². The molecular weight excluding hydrogens is 293 g/mol. The van der Waals surface area contributed by atoms with Crippen LogP contribution in [0.3, 0.4) is 0 Å². The number of ether oxygens (including phenoxy) is 1. The Morgan fingerprint density at radius 2 is 1.95 bits per heavy atom. The molecule has 6 nitrogen and oxygen atoms in total. The number of aromatic carboxylic acids is 1. The van der Waals surface area contributed by atoms with Crippen molar-refractivity contribution in [2.24, 2.45) is 0 Å². The predicted molar refractivity (Wildman–Crippen MR) is 76.7 cm³/mol. The van der Waals surface area contributed by atoms with Crippen LogP contribution in [0.2, 0.25) is 0 Å². The quantitative estimate of drug-likeness (QED) is 0.690. The molecule has 114 valence electrons. The maximum absolute atomic E-state index is 13.5. The third-order valence-corrected chi connectivity index (χ3v) is 3.30. The molecule has 0 amide bonds. The van der Waals surface area contributed by atoms with Gasteiger partial charge in [-0.2, -0.15) is 0 Å². The number of benzene rings is 2. The highest BCUT2D eigenvalue weighted by molar-refractivity contribution is 5.99. The summed E-state index contributed by atoms with van der Waals surface area (Å²) in [6, 6.07) is 6.16. The second-order valence-corrected chi connectivity index (χ2v) is 4.54. The second kappa shape index (κ2) is 5.80. The third-order valence-electron chi connectivity index (χ3n) is 3.30. The molecule has 0 saturated heterocycles. The molecule has 0 aliphatic carbocycles. The fourth-order valence-corrected chi connectivity index (χ4v) is 2.29. The van der Waals surface area contributed by atoms with Crippen LogP contribution in [0.25, 0.3) is 11.1 Å². The Morgan fingerprint density at radius 3 is 2.50 bits per heavy atom. The van der Waals surface area contributed by atoms with Gasteiger partial charge in [0.25, 0.3) is 5.69 Å². The number of nitro benzene ring substituents is 1. The van der Waals surface area contributed by atoms with E-state index in [4.69, 9.17) is 4.74 Å². The van der Waals surface area contributed by atoms with Crippen molar-refractivity contribution in [3.8, 4) is 16.9 Å². The average Bonchev–Trinajstić information content (AvgIpc) is 2.45. The van der Waals surface area contributed by atoms with E-state index in [1.807, 2.05) is 0 Å². The molecule has 2 aromatic carbocycles. The van der Waals surface area contributed by atoms with Crippen molar-refractivity contribution >= 4 is 11.7 Å². The zero-order valence-corrected chi connectivity index (χ0v) is 11.8. The number of hydrogen-bond donors (Lipinski definition) is 1. The van der Waals surface area contributed by atoms with Crippen LogP contribution >= 0.6 is 0 Å². The Kier molecular flexibility index (Phi) is 4.07. The Hall–Kier alpha value is -2.96. The standard InChI is InChI=1S/C15H12FNO5/c1-8-12(17(20)21)5-4-10(14(8)15(18)19)11-7-9(16)3-6-13(11)22-2/h3-7H,1-2H3,(H,18,19). The molecule has 0 radical (unpaired) electrons. The van der Waals surface area contributed by atoms with Gasteiger partial charge in [0.2, 0.25) is 0 Å². The minimum absolute atomic E-state index is 0.00122. The van der Waals surface area contributed by atoms with E-state index in [9.17, 15) is 24.4 Å². The van der Waals surface area contributed by atoms with Gasteiger partial charge in [-0.05, 0) is 31.2 Å². The summed E-state index contributed by atoms with van der Waals surface area (Å²) >= 11 is 0. The van der Waals surface area contributed by atoms with E-state index in [1.54, 1.807) is 0 Å². The molecule has 0 heterocycles. The van der Waals surface area contributed by atoms with Gasteiger partial charge in [0.15, 0.2) is 0 Å². The number of rotatable bonds is 4. The van der Waals surface area contributed by atoms with Crippen LogP contribution in [0.5, 0.6) is 5.75 Å². The molecule has 0 unspecified atom stereocenters. The Morgan fingerprint density at radius 1 is 1.27 bits per heavy atom. The fourth-order valence-electron chi connectivity index (χ4n) is 2.29. The van der Waals surface area contributed by atoms with Gasteiger partial charge in [-0.3, -0.25) is 10.1 Å². The number of hydrogen-bond acceptors (Lipinski definition) is 4. The molecule has 2 rings (SSSR count). The average molecular weight is 305 g/mol. The number of nitro groups is 1. The van der Waals surface area contributed by atoms with E-state index in [1.165, 1.54) is 38.3 Å². The van der Waals surface area contributed by atoms with Gasteiger partial charge >= 0.3 is 5.97 Å². The molecule has 2 aromatic rings. The summed E-state index contributed by atoms with van der Waals surface area (Å²) in [7, 11) is 1.37. The Balaban J connectivity index is 2.82. The molecule has 0 aliphatic heterocycles. The Labute approximate surface area is 124 Å². The van der Waals surface area contributed by atoms with Crippen molar-refractivity contribution in [2.75, 3.05) is 7.11 Å². The van der Waals surface area contributed by atoms with E-state index < -0.39 is 16.7 Å². The normalized spacial score (nSPS) is 10.3. The van der Waals surface area contributed by atoms with Crippen LogP contribution < -0.4 is 4.74 Å². The van der Waals surface area contributed by atoms with Crippen molar-refractivity contribution in [2.45, 2.75) is 6.92 Å². The van der Waals surface area contributed by atoms with Gasteiger partial charge in [-0.25, -0.2) is 9.18 Å². The molecule has 22 heavy (non-hydrogen) atoms. The molecule has 0 fully saturated rings. The van der Waals surface area contributed by atoms with E-state index in [0.717, 1.165) is 6.07 Å². The summed E-state index contributed by atoms with van der Waals surface area (Å²) in [4.78, 5) is 21.8. The minimum atomic E-state index is -1.33. The number of nitrogens with zero attached hydrogens (tertiary/aromatic N) is 1. The highest BCUT2D eigenvalue weighted by atomic mass is 19.1. The van der Waals surface area contributed by atoms with Gasteiger partial charge in [0.05, 0.1) is 17.6 Å². The van der Waals surface area contributed by atoms with Crippen molar-refractivity contribution in [3.05, 3.63) is 57.4 Å². The molecular formula is C15H12FNO5. The minimum Gasteiger partial charge on any atom is -0.496 e. The summed E-state index contributed by atoms with van der Waals surface area (Å²) in [6.07, 6.45) is 0. The first-order chi connectivity index (χ1) is 10.4. The highest BCUT2D eigenvalue weighted by Crippen LogP contribution is 2.37. The molecule has 0 saturated carbocycles. The van der Waals surface area contributed by atoms with Crippen LogP contribution in [-0.4, -0.2) is 23.1 Å². The van der Waals surface area contributed by atoms with Gasteiger partial charge in [0, 0.05) is 22.8 Å². The molecule has 7 heteroatoms. The van der Waals surface area contributed by atoms with Gasteiger partial charge in [-0.1, -0.05) is 0 Å². The lowest BCUT2D eigenvalue weighted by atomic mass is 9.94. The smallest absolute Gasteiger partial charge is 0.336 e. The second-order valence-electron chi connectivity index (χ2n) is 4.54. The maximum Gasteiger partial charge on any atom is 0.336 e. The van der Waals surface area contributed by atoms with Crippen LogP contribution in [0.1, 0.15) is 15.9 Å². The topological polar surface area (TPSA) is 89.7 Å². The number of carboxylic acids is 1. The highest BCUT2D eigenvalue weighted by Gasteiger charge is 2.24. The summed E-state index contributed by atoms with van der Waals surface area (Å²) in [5, 5.41) is 20.3. The third kappa shape index (κ3) is 2.60. The van der Waals surface area contributed by atoms with Crippen LogP contribution in [0.4, 0.5) is 10.1 Å². The van der Waals surface area contributed by atoms with Gasteiger partial charge < -0.3 is 9.84 Å². The lowest BCUT2D eigenvalue weighted by molar-refractivity contribution is -0.385. The zero-order valence-electron chi connectivity index (χ0n) is 11.8. The lowest BCUT2D eigenvalue weighted by Crippen LogP contribution is -2.06. The lowest BCUT2D eigenvalue weighted by Gasteiger charge is -2.13. The van der Waals surface area contributed by atoms with Crippen molar-refractivity contribution < 1.29 is 24.0 Å². The predicted octanol–water partition coefficient (Wildman–Crippen LogP) is 3.42. The van der Waals surface area contributed by atoms with Crippen LogP contribution in [-0.2, 0) is 0 Å². The molecule has 0 aromatic heterocycles. The van der Waals surface area contributed by atoms with Gasteiger partial charge in [-0.15, -0.1) is 0 Å².